The van der Waals surface area contributed by atoms with Crippen LogP contribution in [0.1, 0.15) is 32.3 Å². The van der Waals surface area contributed by atoms with Crippen LogP contribution in [0.3, 0.4) is 0 Å². The van der Waals surface area contributed by atoms with Crippen molar-refractivity contribution in [3.8, 4) is 0 Å². The third-order valence-corrected chi connectivity index (χ3v) is 4.34. The first-order valence-electron chi connectivity index (χ1n) is 6.33. The molecule has 1 unspecified atom stereocenters. The van der Waals surface area contributed by atoms with Crippen LogP contribution < -0.4 is 11.1 Å². The highest BCUT2D eigenvalue weighted by molar-refractivity contribution is 9.10. The predicted molar refractivity (Wildman–Crippen MR) is 79.7 cm³/mol. The van der Waals surface area contributed by atoms with Gasteiger partial charge in [0, 0.05) is 6.54 Å². The largest absolute Gasteiger partial charge is 0.397 e. The van der Waals surface area contributed by atoms with E-state index in [1.165, 1.54) is 0 Å². The third-order valence-electron chi connectivity index (χ3n) is 3.37. The Balaban J connectivity index is 2.67. The molecule has 0 saturated heterocycles. The Bertz CT molecular complexity index is 394. The lowest BCUT2D eigenvalue weighted by molar-refractivity contribution is 0.114. The lowest BCUT2D eigenvalue weighted by atomic mass is 9.96. The second-order valence-corrected chi connectivity index (χ2v) is 5.32. The van der Waals surface area contributed by atoms with Crippen molar-refractivity contribution in [2.45, 2.75) is 39.7 Å². The van der Waals surface area contributed by atoms with E-state index in [0.29, 0.717) is 18.2 Å². The van der Waals surface area contributed by atoms with Crippen LogP contribution >= 0.6 is 15.9 Å². The maximum absolute atomic E-state index is 10.1. The summed E-state index contributed by atoms with van der Waals surface area (Å²) in [5.41, 5.74) is 7.39. The molecule has 5 heteroatoms. The highest BCUT2D eigenvalue weighted by Gasteiger charge is 2.16. The van der Waals surface area contributed by atoms with Gasteiger partial charge in [0.05, 0.1) is 22.5 Å². The number of nitrogens with two attached hydrogens (primary N) is 1. The van der Waals surface area contributed by atoms with Crippen molar-refractivity contribution in [2.24, 2.45) is 5.92 Å². The Hall–Kier alpha value is -0.810. The summed E-state index contributed by atoms with van der Waals surface area (Å²) in [6.07, 6.45) is 3.24. The molecule has 0 amide bonds. The Morgan fingerprint density at radius 2 is 2.06 bits per heavy atom. The summed E-state index contributed by atoms with van der Waals surface area (Å²) in [5.74, 6) is 1.05. The van der Waals surface area contributed by atoms with E-state index >= 15 is 0 Å². The molecule has 0 spiro atoms. The summed E-state index contributed by atoms with van der Waals surface area (Å²) in [4.78, 5) is 4.23. The maximum atomic E-state index is 10.1. The van der Waals surface area contributed by atoms with Gasteiger partial charge in [0.1, 0.15) is 5.82 Å². The van der Waals surface area contributed by atoms with Crippen LogP contribution in [0.4, 0.5) is 11.5 Å². The highest BCUT2D eigenvalue weighted by Crippen LogP contribution is 2.27. The van der Waals surface area contributed by atoms with Gasteiger partial charge in [0.25, 0.3) is 0 Å². The standard InChI is InChI=1S/C13H22BrN3O/c1-4-9(5-2)11(18)7-17-13-12(14)8(3)10(15)6-16-13/h6,9,11,18H,4-5,7,15H2,1-3H3,(H,16,17). The SMILES string of the molecule is CCC(CC)C(O)CNc1ncc(N)c(C)c1Br. The molecule has 1 aromatic heterocycles. The van der Waals surface area contributed by atoms with Gasteiger partial charge in [-0.2, -0.15) is 0 Å². The van der Waals surface area contributed by atoms with E-state index in [-0.39, 0.29) is 6.10 Å². The normalized spacial score (nSPS) is 12.8. The molecule has 0 radical (unpaired) electrons. The number of nitrogens with one attached hydrogen (secondary N) is 1. The van der Waals surface area contributed by atoms with Gasteiger partial charge < -0.3 is 16.2 Å². The van der Waals surface area contributed by atoms with E-state index in [1.807, 2.05) is 6.92 Å². The molecule has 0 saturated carbocycles. The van der Waals surface area contributed by atoms with E-state index < -0.39 is 0 Å². The second kappa shape index (κ2) is 6.95. The summed E-state index contributed by atoms with van der Waals surface area (Å²) in [6, 6.07) is 0. The van der Waals surface area contributed by atoms with Crippen molar-refractivity contribution < 1.29 is 5.11 Å². The minimum Gasteiger partial charge on any atom is -0.397 e. The molecule has 4 N–H and O–H groups in total. The molecule has 1 aromatic rings. The zero-order chi connectivity index (χ0) is 13.7. The van der Waals surface area contributed by atoms with E-state index in [1.54, 1.807) is 6.20 Å². The Labute approximate surface area is 117 Å². The van der Waals surface area contributed by atoms with Gasteiger partial charge in [-0.3, -0.25) is 0 Å². The molecule has 0 aliphatic carbocycles. The number of aliphatic hydroxyl groups excluding tert-OH is 1. The van der Waals surface area contributed by atoms with Crippen LogP contribution in [0.5, 0.6) is 0 Å². The Morgan fingerprint density at radius 3 is 2.61 bits per heavy atom. The predicted octanol–water partition coefficient (Wildman–Crippen LogP) is 2.94. The second-order valence-electron chi connectivity index (χ2n) is 4.53. The van der Waals surface area contributed by atoms with Gasteiger partial charge in [0.2, 0.25) is 0 Å². The molecule has 1 atom stereocenters. The topological polar surface area (TPSA) is 71.2 Å². The molecule has 4 nitrogen and oxygen atoms in total. The number of hydrogen-bond donors (Lipinski definition) is 3. The first-order chi connectivity index (χ1) is 8.51. The van der Waals surface area contributed by atoms with Crippen LogP contribution in [0.15, 0.2) is 10.7 Å². The van der Waals surface area contributed by atoms with Crippen molar-refractivity contribution in [1.29, 1.82) is 0 Å². The van der Waals surface area contributed by atoms with Crippen molar-refractivity contribution in [2.75, 3.05) is 17.6 Å². The number of pyridine rings is 1. The van der Waals surface area contributed by atoms with Crippen LogP contribution in [-0.4, -0.2) is 22.7 Å². The monoisotopic (exact) mass is 315 g/mol. The molecule has 0 aliphatic heterocycles. The molecule has 0 aromatic carbocycles. The summed E-state index contributed by atoms with van der Waals surface area (Å²) < 4.78 is 0.860. The number of rotatable bonds is 6. The molecule has 1 rings (SSSR count). The van der Waals surface area contributed by atoms with Gasteiger partial charge >= 0.3 is 0 Å². The molecule has 18 heavy (non-hydrogen) atoms. The van der Waals surface area contributed by atoms with Crippen LogP contribution in [0, 0.1) is 12.8 Å². The van der Waals surface area contributed by atoms with E-state index in [9.17, 15) is 5.11 Å². The van der Waals surface area contributed by atoms with Gasteiger partial charge in [0.15, 0.2) is 0 Å². The number of aliphatic hydroxyl groups is 1. The summed E-state index contributed by atoms with van der Waals surface area (Å²) in [7, 11) is 0. The molecular weight excluding hydrogens is 294 g/mol. The van der Waals surface area contributed by atoms with E-state index in [2.05, 4.69) is 40.1 Å². The number of aromatic nitrogens is 1. The molecule has 0 fully saturated rings. The van der Waals surface area contributed by atoms with Crippen LogP contribution in [0.25, 0.3) is 0 Å². The highest BCUT2D eigenvalue weighted by atomic mass is 79.9. The molecular formula is C13H22BrN3O. The van der Waals surface area contributed by atoms with Gasteiger partial charge in [-0.05, 0) is 34.3 Å². The zero-order valence-electron chi connectivity index (χ0n) is 11.2. The fourth-order valence-electron chi connectivity index (χ4n) is 1.92. The average molecular weight is 316 g/mol. The lowest BCUT2D eigenvalue weighted by Crippen LogP contribution is -2.28. The smallest absolute Gasteiger partial charge is 0.140 e. The zero-order valence-corrected chi connectivity index (χ0v) is 12.8. The lowest BCUT2D eigenvalue weighted by Gasteiger charge is -2.21. The summed E-state index contributed by atoms with van der Waals surface area (Å²) in [5, 5.41) is 13.2. The fourth-order valence-corrected chi connectivity index (χ4v) is 2.39. The van der Waals surface area contributed by atoms with Gasteiger partial charge in [-0.25, -0.2) is 4.98 Å². The first kappa shape index (κ1) is 15.2. The number of hydrogen-bond acceptors (Lipinski definition) is 4. The van der Waals surface area contributed by atoms with E-state index in [0.717, 1.165) is 28.7 Å². The third kappa shape index (κ3) is 3.59. The van der Waals surface area contributed by atoms with Crippen LogP contribution in [-0.2, 0) is 0 Å². The van der Waals surface area contributed by atoms with Crippen LogP contribution in [0.2, 0.25) is 0 Å². The van der Waals surface area contributed by atoms with Crippen molar-refractivity contribution in [3.05, 3.63) is 16.2 Å². The maximum Gasteiger partial charge on any atom is 0.140 e. The van der Waals surface area contributed by atoms with Gasteiger partial charge in [-0.15, -0.1) is 0 Å². The van der Waals surface area contributed by atoms with Crippen molar-refractivity contribution in [3.63, 3.8) is 0 Å². The van der Waals surface area contributed by atoms with Crippen molar-refractivity contribution >= 4 is 27.4 Å². The average Bonchev–Trinajstić information content (AvgIpc) is 2.36. The minimum atomic E-state index is -0.355. The fraction of sp³-hybridized carbons (Fsp3) is 0.615. The summed E-state index contributed by atoms with van der Waals surface area (Å²) in [6.45, 7) is 6.63. The van der Waals surface area contributed by atoms with Crippen molar-refractivity contribution in [1.82, 2.24) is 4.98 Å². The molecule has 0 aliphatic rings. The van der Waals surface area contributed by atoms with E-state index in [4.69, 9.17) is 5.73 Å². The number of nitrogens with zero attached hydrogens (tertiary/aromatic N) is 1. The first-order valence-corrected chi connectivity index (χ1v) is 7.13. The number of halogens is 1. The number of anilines is 2. The Morgan fingerprint density at radius 1 is 1.44 bits per heavy atom. The quantitative estimate of drug-likeness (QED) is 0.754. The Kier molecular flexibility index (Phi) is 5.88. The molecule has 0 bridgehead atoms. The summed E-state index contributed by atoms with van der Waals surface area (Å²) >= 11 is 3.47. The van der Waals surface area contributed by atoms with Gasteiger partial charge in [-0.1, -0.05) is 26.7 Å². The molecule has 102 valence electrons. The minimum absolute atomic E-state index is 0.325. The number of nitrogen functional groups attached to an aromatic ring is 1. The molecule has 1 heterocycles.